The second-order valence-corrected chi connectivity index (χ2v) is 8.87. The van der Waals surface area contributed by atoms with Gasteiger partial charge in [0.1, 0.15) is 11.5 Å². The highest BCUT2D eigenvalue weighted by Gasteiger charge is 2.30. The van der Waals surface area contributed by atoms with Crippen LogP contribution in [0, 0.1) is 12.3 Å². The smallest absolute Gasteiger partial charge is 0.251 e. The number of anilines is 1. The molecule has 2 aromatic carbocycles. The number of aromatic nitrogens is 1. The Morgan fingerprint density at radius 2 is 1.91 bits per heavy atom. The zero-order valence-corrected chi connectivity index (χ0v) is 20.1. The first-order valence-electron chi connectivity index (χ1n) is 11.5. The average Bonchev–Trinajstić information content (AvgIpc) is 2.80. The summed E-state index contributed by atoms with van der Waals surface area (Å²) in [7, 11) is 1.81. The molecular weight excluding hydrogens is 426 g/mol. The number of hydrogen-bond acceptors (Lipinski definition) is 6. The van der Waals surface area contributed by atoms with Gasteiger partial charge in [0.05, 0.1) is 11.7 Å². The summed E-state index contributed by atoms with van der Waals surface area (Å²) >= 11 is 0. The van der Waals surface area contributed by atoms with Crippen molar-refractivity contribution in [1.29, 1.82) is 5.41 Å². The third kappa shape index (κ3) is 5.10. The first-order valence-corrected chi connectivity index (χ1v) is 11.5. The molecule has 3 aromatic rings. The molecule has 0 atom stereocenters. The summed E-state index contributed by atoms with van der Waals surface area (Å²) < 4.78 is 6.04. The SMILES string of the molecule is CNc1cc(Oc2ccnc(-c3ccc(C(=O)NC4CN(C(C)C)C4)c(C)c3)c2)ccc1C=N. The van der Waals surface area contributed by atoms with Crippen molar-refractivity contribution in [2.75, 3.05) is 25.5 Å². The van der Waals surface area contributed by atoms with Crippen molar-refractivity contribution >= 4 is 17.8 Å². The molecule has 176 valence electrons. The van der Waals surface area contributed by atoms with Gasteiger partial charge in [-0.2, -0.15) is 0 Å². The third-order valence-corrected chi connectivity index (χ3v) is 6.16. The summed E-state index contributed by atoms with van der Waals surface area (Å²) in [5.41, 5.74) is 4.90. The van der Waals surface area contributed by atoms with Gasteiger partial charge < -0.3 is 20.8 Å². The molecule has 2 heterocycles. The lowest BCUT2D eigenvalue weighted by molar-refractivity contribution is 0.0713. The van der Waals surface area contributed by atoms with E-state index in [2.05, 4.69) is 34.4 Å². The molecule has 1 aromatic heterocycles. The standard InChI is InChI=1S/C27H31N5O2/c1-17(2)32-15-21(16-32)31-27(33)24-8-6-19(11-18(24)3)26-13-23(9-10-30-26)34-22-7-5-20(14-28)25(12-22)29-4/h5-14,17,21,28-29H,15-16H2,1-4H3,(H,31,33). The zero-order valence-electron chi connectivity index (χ0n) is 20.1. The Balaban J connectivity index is 1.47. The Hall–Kier alpha value is -3.71. The maximum atomic E-state index is 12.8. The summed E-state index contributed by atoms with van der Waals surface area (Å²) in [4.78, 5) is 19.6. The fourth-order valence-corrected chi connectivity index (χ4v) is 4.08. The Morgan fingerprint density at radius 3 is 2.59 bits per heavy atom. The number of carbonyl (C=O) groups is 1. The fourth-order valence-electron chi connectivity index (χ4n) is 4.08. The van der Waals surface area contributed by atoms with Gasteiger partial charge >= 0.3 is 0 Å². The molecule has 0 spiro atoms. The molecule has 1 aliphatic heterocycles. The van der Waals surface area contributed by atoms with Crippen molar-refractivity contribution in [2.24, 2.45) is 0 Å². The fraction of sp³-hybridized carbons (Fsp3) is 0.296. The third-order valence-electron chi connectivity index (χ3n) is 6.16. The van der Waals surface area contributed by atoms with E-state index >= 15 is 0 Å². The number of likely N-dealkylation sites (tertiary alicyclic amines) is 1. The maximum absolute atomic E-state index is 12.8. The number of nitrogens with zero attached hydrogens (tertiary/aromatic N) is 2. The molecule has 0 saturated carbocycles. The largest absolute Gasteiger partial charge is 0.457 e. The van der Waals surface area contributed by atoms with Crippen molar-refractivity contribution in [2.45, 2.75) is 32.9 Å². The van der Waals surface area contributed by atoms with E-state index in [-0.39, 0.29) is 11.9 Å². The summed E-state index contributed by atoms with van der Waals surface area (Å²) in [6, 6.07) is 15.7. The zero-order chi connectivity index (χ0) is 24.2. The highest BCUT2D eigenvalue weighted by Crippen LogP contribution is 2.29. The highest BCUT2D eigenvalue weighted by atomic mass is 16.5. The van der Waals surface area contributed by atoms with E-state index in [0.717, 1.165) is 41.2 Å². The molecule has 7 nitrogen and oxygen atoms in total. The van der Waals surface area contributed by atoms with Gasteiger partial charge in [-0.15, -0.1) is 0 Å². The van der Waals surface area contributed by atoms with Gasteiger partial charge in [0.25, 0.3) is 5.91 Å². The van der Waals surface area contributed by atoms with Crippen LogP contribution in [-0.2, 0) is 0 Å². The summed E-state index contributed by atoms with van der Waals surface area (Å²) in [5, 5.41) is 13.7. The molecule has 34 heavy (non-hydrogen) atoms. The molecule has 1 fully saturated rings. The minimum atomic E-state index is -0.0313. The molecule has 0 bridgehead atoms. The molecule has 0 radical (unpaired) electrons. The second-order valence-electron chi connectivity index (χ2n) is 8.87. The number of benzene rings is 2. The minimum absolute atomic E-state index is 0.0313. The van der Waals surface area contributed by atoms with Crippen LogP contribution < -0.4 is 15.4 Å². The van der Waals surface area contributed by atoms with Crippen LogP contribution in [0.25, 0.3) is 11.3 Å². The lowest BCUT2D eigenvalue weighted by atomic mass is 10.0. The van der Waals surface area contributed by atoms with Gasteiger partial charge in [-0.3, -0.25) is 14.7 Å². The molecule has 0 unspecified atom stereocenters. The number of pyridine rings is 1. The predicted molar refractivity (Wildman–Crippen MR) is 136 cm³/mol. The van der Waals surface area contributed by atoms with Crippen molar-refractivity contribution < 1.29 is 9.53 Å². The topological polar surface area (TPSA) is 90.3 Å². The van der Waals surface area contributed by atoms with Gasteiger partial charge in [0.2, 0.25) is 0 Å². The first-order chi connectivity index (χ1) is 16.4. The van der Waals surface area contributed by atoms with Gasteiger partial charge in [0, 0.05) is 73.1 Å². The van der Waals surface area contributed by atoms with Crippen molar-refractivity contribution in [3.8, 4) is 22.8 Å². The predicted octanol–water partition coefficient (Wildman–Crippen LogP) is 4.71. The molecule has 1 aliphatic rings. The molecule has 7 heteroatoms. The minimum Gasteiger partial charge on any atom is -0.457 e. The first kappa shape index (κ1) is 23.4. The lowest BCUT2D eigenvalue weighted by Gasteiger charge is -2.42. The Morgan fingerprint density at radius 1 is 1.15 bits per heavy atom. The van der Waals surface area contributed by atoms with Gasteiger partial charge in [-0.25, -0.2) is 0 Å². The van der Waals surface area contributed by atoms with Crippen LogP contribution in [0.2, 0.25) is 0 Å². The Labute approximate surface area is 200 Å². The molecule has 3 N–H and O–H groups in total. The molecule has 1 amide bonds. The number of rotatable bonds is 8. The van der Waals surface area contributed by atoms with Crippen molar-refractivity contribution in [1.82, 2.24) is 15.2 Å². The summed E-state index contributed by atoms with van der Waals surface area (Å²) in [6.07, 6.45) is 3.02. The average molecular weight is 458 g/mol. The van der Waals surface area contributed by atoms with Crippen LogP contribution in [0.1, 0.15) is 35.3 Å². The van der Waals surface area contributed by atoms with Crippen molar-refractivity contribution in [3.63, 3.8) is 0 Å². The quantitative estimate of drug-likeness (QED) is 0.426. The number of amides is 1. The Bertz CT molecular complexity index is 1200. The van der Waals surface area contributed by atoms with Gasteiger partial charge in [-0.1, -0.05) is 6.07 Å². The van der Waals surface area contributed by atoms with E-state index in [9.17, 15) is 4.79 Å². The molecule has 0 aliphatic carbocycles. The number of hydrogen-bond donors (Lipinski definition) is 3. The monoisotopic (exact) mass is 457 g/mol. The van der Waals surface area contributed by atoms with Crippen LogP contribution in [0.3, 0.4) is 0 Å². The van der Waals surface area contributed by atoms with Gasteiger partial charge in [0.15, 0.2) is 0 Å². The molecule has 1 saturated heterocycles. The van der Waals surface area contributed by atoms with Crippen LogP contribution in [0.5, 0.6) is 11.5 Å². The van der Waals surface area contributed by atoms with E-state index in [0.29, 0.717) is 23.1 Å². The number of aryl methyl sites for hydroxylation is 1. The number of ether oxygens (including phenoxy) is 1. The highest BCUT2D eigenvalue weighted by molar-refractivity contribution is 5.96. The van der Waals surface area contributed by atoms with E-state index in [4.69, 9.17) is 10.1 Å². The maximum Gasteiger partial charge on any atom is 0.251 e. The van der Waals surface area contributed by atoms with Crippen molar-refractivity contribution in [3.05, 3.63) is 71.4 Å². The molecular formula is C27H31N5O2. The van der Waals surface area contributed by atoms with E-state index in [1.54, 1.807) is 12.3 Å². The van der Waals surface area contributed by atoms with Crippen LogP contribution in [-0.4, -0.2) is 54.2 Å². The van der Waals surface area contributed by atoms with E-state index < -0.39 is 0 Å². The van der Waals surface area contributed by atoms with Crippen LogP contribution in [0.15, 0.2) is 54.7 Å². The summed E-state index contributed by atoms with van der Waals surface area (Å²) in [6.45, 7) is 8.09. The second kappa shape index (κ2) is 10.1. The lowest BCUT2D eigenvalue weighted by Crippen LogP contribution is -2.61. The Kier molecular flexibility index (Phi) is 6.93. The summed E-state index contributed by atoms with van der Waals surface area (Å²) in [5.74, 6) is 1.30. The van der Waals surface area contributed by atoms with Crippen LogP contribution >= 0.6 is 0 Å². The van der Waals surface area contributed by atoms with Gasteiger partial charge in [-0.05, 0) is 56.7 Å². The normalized spacial score (nSPS) is 13.9. The van der Waals surface area contributed by atoms with E-state index in [1.807, 2.05) is 56.4 Å². The van der Waals surface area contributed by atoms with Crippen LogP contribution in [0.4, 0.5) is 5.69 Å². The van der Waals surface area contributed by atoms with E-state index in [1.165, 1.54) is 6.21 Å². The molecule has 4 rings (SSSR count). The number of carbonyl (C=O) groups excluding carboxylic acids is 1. The number of nitrogens with one attached hydrogen (secondary N) is 3.